The SMILES string of the molecule is COc1cccc(Oc2cc(Br)c(C#N)cc2C)c1. The smallest absolute Gasteiger partial charge is 0.131 e. The fourth-order valence-electron chi connectivity index (χ4n) is 1.65. The van der Waals surface area contributed by atoms with Gasteiger partial charge < -0.3 is 9.47 Å². The maximum absolute atomic E-state index is 8.95. The van der Waals surface area contributed by atoms with Crippen molar-refractivity contribution in [1.82, 2.24) is 0 Å². The predicted octanol–water partition coefficient (Wildman–Crippen LogP) is 4.43. The molecule has 3 nitrogen and oxygen atoms in total. The molecule has 2 aromatic carbocycles. The Morgan fingerprint density at radius 2 is 1.89 bits per heavy atom. The first-order chi connectivity index (χ1) is 9.13. The van der Waals surface area contributed by atoms with E-state index < -0.39 is 0 Å². The Morgan fingerprint density at radius 3 is 2.58 bits per heavy atom. The third kappa shape index (κ3) is 3.07. The molecule has 0 bridgehead atoms. The van der Waals surface area contributed by atoms with Crippen LogP contribution in [0.2, 0.25) is 0 Å². The second kappa shape index (κ2) is 5.77. The molecule has 0 saturated heterocycles. The highest BCUT2D eigenvalue weighted by Gasteiger charge is 2.07. The zero-order valence-electron chi connectivity index (χ0n) is 10.6. The Morgan fingerprint density at radius 1 is 1.16 bits per heavy atom. The lowest BCUT2D eigenvalue weighted by molar-refractivity contribution is 0.409. The molecule has 19 heavy (non-hydrogen) atoms. The molecule has 0 spiro atoms. The third-order valence-corrected chi connectivity index (χ3v) is 3.31. The van der Waals surface area contributed by atoms with Crippen molar-refractivity contribution in [2.24, 2.45) is 0 Å². The van der Waals surface area contributed by atoms with Crippen LogP contribution in [0, 0.1) is 18.3 Å². The van der Waals surface area contributed by atoms with Crippen molar-refractivity contribution >= 4 is 15.9 Å². The van der Waals surface area contributed by atoms with Crippen LogP contribution in [0.4, 0.5) is 0 Å². The van der Waals surface area contributed by atoms with Crippen molar-refractivity contribution in [3.63, 3.8) is 0 Å². The highest BCUT2D eigenvalue weighted by Crippen LogP contribution is 2.31. The van der Waals surface area contributed by atoms with E-state index in [-0.39, 0.29) is 0 Å². The van der Waals surface area contributed by atoms with Gasteiger partial charge in [-0.2, -0.15) is 5.26 Å². The molecule has 0 N–H and O–H groups in total. The standard InChI is InChI=1S/C15H12BrNO2/c1-10-6-11(9-17)14(16)8-15(10)19-13-5-3-4-12(7-13)18-2/h3-8H,1-2H3. The van der Waals surface area contributed by atoms with E-state index in [2.05, 4.69) is 22.0 Å². The molecule has 0 unspecified atom stereocenters. The van der Waals surface area contributed by atoms with Gasteiger partial charge in [-0.05, 0) is 52.7 Å². The third-order valence-electron chi connectivity index (χ3n) is 2.65. The molecule has 0 atom stereocenters. The summed E-state index contributed by atoms with van der Waals surface area (Å²) < 4.78 is 11.7. The number of nitriles is 1. The number of benzene rings is 2. The van der Waals surface area contributed by atoms with Crippen molar-refractivity contribution < 1.29 is 9.47 Å². The van der Waals surface area contributed by atoms with Gasteiger partial charge in [-0.1, -0.05) is 6.07 Å². The van der Waals surface area contributed by atoms with E-state index in [0.717, 1.165) is 15.8 Å². The largest absolute Gasteiger partial charge is 0.497 e. The second-order valence-corrected chi connectivity index (χ2v) is 4.84. The molecule has 0 saturated carbocycles. The number of hydrogen-bond donors (Lipinski definition) is 0. The van der Waals surface area contributed by atoms with E-state index >= 15 is 0 Å². The van der Waals surface area contributed by atoms with Crippen LogP contribution in [-0.2, 0) is 0 Å². The van der Waals surface area contributed by atoms with E-state index in [1.54, 1.807) is 19.2 Å². The van der Waals surface area contributed by atoms with E-state index in [9.17, 15) is 0 Å². The maximum atomic E-state index is 8.95. The van der Waals surface area contributed by atoms with Gasteiger partial charge in [0.2, 0.25) is 0 Å². The normalized spacial score (nSPS) is 9.79. The van der Waals surface area contributed by atoms with Gasteiger partial charge in [0, 0.05) is 10.5 Å². The first kappa shape index (κ1) is 13.4. The van der Waals surface area contributed by atoms with Crippen LogP contribution in [0.15, 0.2) is 40.9 Å². The summed E-state index contributed by atoms with van der Waals surface area (Å²) in [7, 11) is 1.61. The minimum atomic E-state index is 0.593. The summed E-state index contributed by atoms with van der Waals surface area (Å²) in [5.41, 5.74) is 1.50. The average molecular weight is 318 g/mol. The van der Waals surface area contributed by atoms with E-state index in [4.69, 9.17) is 14.7 Å². The van der Waals surface area contributed by atoms with Crippen molar-refractivity contribution in [2.75, 3.05) is 7.11 Å². The van der Waals surface area contributed by atoms with Crippen LogP contribution in [0.3, 0.4) is 0 Å². The zero-order chi connectivity index (χ0) is 13.8. The Labute approximate surface area is 120 Å². The molecule has 0 aliphatic heterocycles. The lowest BCUT2D eigenvalue weighted by Crippen LogP contribution is -1.91. The highest BCUT2D eigenvalue weighted by molar-refractivity contribution is 9.10. The molecule has 96 valence electrons. The number of methoxy groups -OCH3 is 1. The van der Waals surface area contributed by atoms with Crippen molar-refractivity contribution in [1.29, 1.82) is 5.26 Å². The van der Waals surface area contributed by atoms with Crippen molar-refractivity contribution in [3.05, 3.63) is 52.0 Å². The summed E-state index contributed by atoms with van der Waals surface area (Å²) >= 11 is 3.36. The van der Waals surface area contributed by atoms with Gasteiger partial charge in [0.15, 0.2) is 0 Å². The molecule has 0 aliphatic carbocycles. The van der Waals surface area contributed by atoms with Crippen LogP contribution < -0.4 is 9.47 Å². The van der Waals surface area contributed by atoms with Gasteiger partial charge in [0.05, 0.1) is 12.7 Å². The number of halogens is 1. The van der Waals surface area contributed by atoms with Crippen LogP contribution in [0.25, 0.3) is 0 Å². The summed E-state index contributed by atoms with van der Waals surface area (Å²) in [6.45, 7) is 1.91. The monoisotopic (exact) mass is 317 g/mol. The summed E-state index contributed by atoms with van der Waals surface area (Å²) in [6.07, 6.45) is 0. The molecule has 0 fully saturated rings. The lowest BCUT2D eigenvalue weighted by Gasteiger charge is -2.11. The summed E-state index contributed by atoms with van der Waals surface area (Å²) in [5, 5.41) is 8.95. The topological polar surface area (TPSA) is 42.2 Å². The molecule has 0 radical (unpaired) electrons. The fourth-order valence-corrected chi connectivity index (χ4v) is 2.06. The van der Waals surface area contributed by atoms with Crippen LogP contribution in [0.5, 0.6) is 17.2 Å². The number of ether oxygens (including phenoxy) is 2. The van der Waals surface area contributed by atoms with Crippen LogP contribution in [0.1, 0.15) is 11.1 Å². The van der Waals surface area contributed by atoms with Gasteiger partial charge in [-0.25, -0.2) is 0 Å². The highest BCUT2D eigenvalue weighted by atomic mass is 79.9. The van der Waals surface area contributed by atoms with E-state index in [1.807, 2.05) is 31.2 Å². The molecule has 4 heteroatoms. The van der Waals surface area contributed by atoms with Gasteiger partial charge in [-0.3, -0.25) is 0 Å². The Kier molecular flexibility index (Phi) is 4.08. The maximum Gasteiger partial charge on any atom is 0.131 e. The molecular formula is C15H12BrNO2. The van der Waals surface area contributed by atoms with Gasteiger partial charge in [-0.15, -0.1) is 0 Å². The number of rotatable bonds is 3. The average Bonchev–Trinajstić information content (AvgIpc) is 2.42. The Balaban J connectivity index is 2.33. The molecular weight excluding hydrogens is 306 g/mol. The molecule has 2 rings (SSSR count). The lowest BCUT2D eigenvalue weighted by atomic mass is 10.1. The molecule has 2 aromatic rings. The first-order valence-electron chi connectivity index (χ1n) is 5.66. The van der Waals surface area contributed by atoms with E-state index in [0.29, 0.717) is 17.1 Å². The van der Waals surface area contributed by atoms with Crippen LogP contribution in [-0.4, -0.2) is 7.11 Å². The summed E-state index contributed by atoms with van der Waals surface area (Å²) in [5.74, 6) is 2.14. The van der Waals surface area contributed by atoms with E-state index in [1.165, 1.54) is 0 Å². The molecule has 0 aliphatic rings. The Hall–Kier alpha value is -1.99. The minimum absolute atomic E-state index is 0.593. The van der Waals surface area contributed by atoms with Gasteiger partial charge >= 0.3 is 0 Å². The molecule has 0 amide bonds. The predicted molar refractivity (Wildman–Crippen MR) is 76.7 cm³/mol. The fraction of sp³-hybridized carbons (Fsp3) is 0.133. The summed E-state index contributed by atoms with van der Waals surface area (Å²) in [6, 6.07) is 13.1. The zero-order valence-corrected chi connectivity index (χ0v) is 12.2. The quantitative estimate of drug-likeness (QED) is 0.841. The minimum Gasteiger partial charge on any atom is -0.497 e. The summed E-state index contributed by atoms with van der Waals surface area (Å²) in [4.78, 5) is 0. The number of hydrogen-bond acceptors (Lipinski definition) is 3. The van der Waals surface area contributed by atoms with Gasteiger partial charge in [0.1, 0.15) is 23.3 Å². The van der Waals surface area contributed by atoms with Crippen molar-refractivity contribution in [3.8, 4) is 23.3 Å². The van der Waals surface area contributed by atoms with Crippen LogP contribution >= 0.6 is 15.9 Å². The number of nitrogens with zero attached hydrogens (tertiary/aromatic N) is 1. The molecule has 0 heterocycles. The Bertz CT molecular complexity index is 647. The first-order valence-corrected chi connectivity index (χ1v) is 6.45. The second-order valence-electron chi connectivity index (χ2n) is 3.99. The van der Waals surface area contributed by atoms with Gasteiger partial charge in [0.25, 0.3) is 0 Å². The van der Waals surface area contributed by atoms with Crippen molar-refractivity contribution in [2.45, 2.75) is 6.92 Å². The number of aryl methyl sites for hydroxylation is 1. The molecule has 0 aromatic heterocycles.